The fourth-order valence-corrected chi connectivity index (χ4v) is 2.98. The molecule has 0 spiro atoms. The molecule has 1 unspecified atom stereocenters. The third-order valence-electron chi connectivity index (χ3n) is 3.04. The molecule has 0 saturated carbocycles. The fourth-order valence-electron chi connectivity index (χ4n) is 2.07. The Morgan fingerprint density at radius 1 is 1.22 bits per heavy atom. The molecule has 2 aliphatic heterocycles. The summed E-state index contributed by atoms with van der Waals surface area (Å²) in [4.78, 5) is 18.0. The van der Waals surface area contributed by atoms with Gasteiger partial charge in [-0.3, -0.25) is 4.79 Å². The summed E-state index contributed by atoms with van der Waals surface area (Å²) < 4.78 is 5.72. The summed E-state index contributed by atoms with van der Waals surface area (Å²) in [6, 6.07) is 10.0. The van der Waals surface area contributed by atoms with Crippen LogP contribution >= 0.6 is 11.8 Å². The van der Waals surface area contributed by atoms with Crippen LogP contribution in [0, 0.1) is 0 Å². The van der Waals surface area contributed by atoms with Gasteiger partial charge in [0.05, 0.1) is 0 Å². The average Bonchev–Trinajstić information content (AvgIpc) is 2.83. The normalized spacial score (nSPS) is 23.8. The predicted molar refractivity (Wildman–Crippen MR) is 71.6 cm³/mol. The lowest BCUT2D eigenvalue weighted by atomic mass is 10.1. The molecule has 0 aliphatic carbocycles. The van der Waals surface area contributed by atoms with Crippen molar-refractivity contribution >= 4 is 23.7 Å². The number of ether oxygens (including phenoxy) is 1. The second kappa shape index (κ2) is 5.02. The van der Waals surface area contributed by atoms with E-state index in [-0.39, 0.29) is 5.91 Å². The molecule has 0 radical (unpaired) electrons. The molecule has 1 fully saturated rings. The number of benzene rings is 1. The van der Waals surface area contributed by atoms with Crippen LogP contribution in [0.25, 0.3) is 0 Å². The minimum absolute atomic E-state index is 0.200. The van der Waals surface area contributed by atoms with Gasteiger partial charge in [0.15, 0.2) is 0 Å². The molecule has 1 aromatic rings. The van der Waals surface area contributed by atoms with Crippen LogP contribution in [-0.2, 0) is 9.53 Å². The third kappa shape index (κ3) is 2.22. The first kappa shape index (κ1) is 11.6. The van der Waals surface area contributed by atoms with Crippen LogP contribution in [-0.4, -0.2) is 41.4 Å². The molecule has 2 aliphatic rings. The number of nitrogens with zero attached hydrogens (tertiary/aromatic N) is 2. The summed E-state index contributed by atoms with van der Waals surface area (Å²) in [5, 5.41) is 0. The van der Waals surface area contributed by atoms with Gasteiger partial charge in [0.25, 0.3) is 11.9 Å². The number of rotatable bonds is 1. The number of thioether (sulfide) groups is 1. The minimum atomic E-state index is -0.559. The van der Waals surface area contributed by atoms with Crippen molar-refractivity contribution in [3.63, 3.8) is 0 Å². The van der Waals surface area contributed by atoms with Crippen molar-refractivity contribution in [1.29, 1.82) is 0 Å². The zero-order valence-corrected chi connectivity index (χ0v) is 10.7. The van der Waals surface area contributed by atoms with E-state index >= 15 is 0 Å². The van der Waals surface area contributed by atoms with Gasteiger partial charge in [-0.25, -0.2) is 0 Å². The minimum Gasteiger partial charge on any atom is -0.446 e. The maximum Gasteiger partial charge on any atom is 0.296 e. The number of amides is 1. The first-order valence-corrected chi connectivity index (χ1v) is 7.17. The standard InChI is InChI=1S/C13H14N2O2S/c16-12-11(10-4-2-1-3-5-10)17-13(14-12)15-6-8-18-9-7-15/h1-5,11H,6-9H2. The summed E-state index contributed by atoms with van der Waals surface area (Å²) in [5.41, 5.74) is 0.868. The number of hydrogen-bond donors (Lipinski definition) is 0. The monoisotopic (exact) mass is 262 g/mol. The Morgan fingerprint density at radius 2 is 1.94 bits per heavy atom. The van der Waals surface area contributed by atoms with Gasteiger partial charge < -0.3 is 9.64 Å². The van der Waals surface area contributed by atoms with E-state index in [2.05, 4.69) is 9.89 Å². The third-order valence-corrected chi connectivity index (χ3v) is 3.98. The quantitative estimate of drug-likeness (QED) is 0.772. The van der Waals surface area contributed by atoms with Gasteiger partial charge in [0.1, 0.15) is 0 Å². The molecular formula is C13H14N2O2S. The topological polar surface area (TPSA) is 41.9 Å². The van der Waals surface area contributed by atoms with Crippen molar-refractivity contribution in [3.8, 4) is 0 Å². The summed E-state index contributed by atoms with van der Waals surface area (Å²) >= 11 is 1.92. The summed E-state index contributed by atoms with van der Waals surface area (Å²) in [5.74, 6) is 1.92. The molecule has 1 saturated heterocycles. The van der Waals surface area contributed by atoms with Crippen LogP contribution in [0.4, 0.5) is 0 Å². The number of amidine groups is 1. The van der Waals surface area contributed by atoms with E-state index in [1.807, 2.05) is 42.1 Å². The SMILES string of the molecule is O=C1N=C(N2CCSCC2)OC1c1ccccc1. The number of carbonyl (C=O) groups excluding carboxylic acids is 1. The van der Waals surface area contributed by atoms with E-state index in [4.69, 9.17) is 4.74 Å². The van der Waals surface area contributed by atoms with Crippen molar-refractivity contribution in [2.75, 3.05) is 24.6 Å². The predicted octanol–water partition coefficient (Wildman–Crippen LogP) is 1.69. The highest BCUT2D eigenvalue weighted by Gasteiger charge is 2.33. The van der Waals surface area contributed by atoms with Crippen LogP contribution in [0.15, 0.2) is 35.3 Å². The van der Waals surface area contributed by atoms with E-state index in [1.165, 1.54) is 0 Å². The Balaban J connectivity index is 1.74. The van der Waals surface area contributed by atoms with Crippen LogP contribution < -0.4 is 0 Å². The molecule has 2 heterocycles. The highest BCUT2D eigenvalue weighted by atomic mass is 32.2. The smallest absolute Gasteiger partial charge is 0.296 e. The highest BCUT2D eigenvalue weighted by molar-refractivity contribution is 7.99. The van der Waals surface area contributed by atoms with Gasteiger partial charge in [-0.1, -0.05) is 30.3 Å². The lowest BCUT2D eigenvalue weighted by molar-refractivity contribution is -0.122. The highest BCUT2D eigenvalue weighted by Crippen LogP contribution is 2.26. The van der Waals surface area contributed by atoms with Gasteiger partial charge in [0, 0.05) is 30.2 Å². The molecule has 18 heavy (non-hydrogen) atoms. The average molecular weight is 262 g/mol. The zero-order chi connectivity index (χ0) is 12.4. The lowest BCUT2D eigenvalue weighted by Gasteiger charge is -2.27. The Morgan fingerprint density at radius 3 is 2.67 bits per heavy atom. The molecule has 4 nitrogen and oxygen atoms in total. The molecule has 94 valence electrons. The maximum atomic E-state index is 11.9. The summed E-state index contributed by atoms with van der Waals surface area (Å²) in [7, 11) is 0. The van der Waals surface area contributed by atoms with Crippen LogP contribution in [0.5, 0.6) is 0 Å². The van der Waals surface area contributed by atoms with Crippen LogP contribution in [0.1, 0.15) is 11.7 Å². The second-order valence-electron chi connectivity index (χ2n) is 4.24. The van der Waals surface area contributed by atoms with E-state index in [9.17, 15) is 4.79 Å². The van der Waals surface area contributed by atoms with Crippen LogP contribution in [0.2, 0.25) is 0 Å². The van der Waals surface area contributed by atoms with Gasteiger partial charge in [-0.05, 0) is 0 Å². The molecule has 5 heteroatoms. The molecule has 0 bridgehead atoms. The number of carbonyl (C=O) groups is 1. The zero-order valence-electron chi connectivity index (χ0n) is 9.91. The first-order chi connectivity index (χ1) is 8.84. The Hall–Kier alpha value is -1.49. The van der Waals surface area contributed by atoms with Crippen molar-refractivity contribution < 1.29 is 9.53 Å². The van der Waals surface area contributed by atoms with E-state index in [0.717, 1.165) is 30.2 Å². The second-order valence-corrected chi connectivity index (χ2v) is 5.47. The van der Waals surface area contributed by atoms with Crippen LogP contribution in [0.3, 0.4) is 0 Å². The van der Waals surface area contributed by atoms with E-state index < -0.39 is 6.10 Å². The van der Waals surface area contributed by atoms with Gasteiger partial charge in [-0.15, -0.1) is 0 Å². The van der Waals surface area contributed by atoms with Gasteiger partial charge in [-0.2, -0.15) is 16.8 Å². The molecule has 3 rings (SSSR count). The lowest BCUT2D eigenvalue weighted by Crippen LogP contribution is -2.38. The first-order valence-electron chi connectivity index (χ1n) is 6.01. The fraction of sp³-hybridized carbons (Fsp3) is 0.385. The largest absolute Gasteiger partial charge is 0.446 e. The molecule has 1 aromatic carbocycles. The Kier molecular flexibility index (Phi) is 3.23. The van der Waals surface area contributed by atoms with Crippen molar-refractivity contribution in [2.45, 2.75) is 6.10 Å². The molecule has 1 atom stereocenters. The summed E-state index contributed by atoms with van der Waals surface area (Å²) in [6.45, 7) is 1.80. The summed E-state index contributed by atoms with van der Waals surface area (Å²) in [6.07, 6.45) is -0.559. The van der Waals surface area contributed by atoms with Crippen molar-refractivity contribution in [3.05, 3.63) is 35.9 Å². The van der Waals surface area contributed by atoms with Gasteiger partial charge >= 0.3 is 0 Å². The number of aliphatic imine (C=N–C) groups is 1. The molecular weight excluding hydrogens is 248 g/mol. The Bertz CT molecular complexity index is 469. The molecule has 0 N–H and O–H groups in total. The molecule has 1 amide bonds. The maximum absolute atomic E-state index is 11.9. The van der Waals surface area contributed by atoms with Crippen molar-refractivity contribution in [2.24, 2.45) is 4.99 Å². The molecule has 0 aromatic heterocycles. The van der Waals surface area contributed by atoms with Crippen molar-refractivity contribution in [1.82, 2.24) is 4.90 Å². The van der Waals surface area contributed by atoms with Gasteiger partial charge in [0.2, 0.25) is 6.10 Å². The Labute approximate surface area is 110 Å². The van der Waals surface area contributed by atoms with E-state index in [1.54, 1.807) is 0 Å². The van der Waals surface area contributed by atoms with E-state index in [0.29, 0.717) is 6.02 Å². The number of hydrogen-bond acceptors (Lipinski definition) is 4.